The van der Waals surface area contributed by atoms with Gasteiger partial charge in [-0.05, 0) is 49.1 Å². The summed E-state index contributed by atoms with van der Waals surface area (Å²) in [6.07, 6.45) is 1.66. The van der Waals surface area contributed by atoms with E-state index in [0.29, 0.717) is 12.3 Å². The lowest BCUT2D eigenvalue weighted by atomic mass is 10.0. The van der Waals surface area contributed by atoms with Gasteiger partial charge < -0.3 is 4.57 Å². The van der Waals surface area contributed by atoms with Crippen LogP contribution in [0.15, 0.2) is 57.8 Å². The lowest BCUT2D eigenvalue weighted by Crippen LogP contribution is -2.26. The molecule has 0 aliphatic carbocycles. The molecule has 4 rings (SSSR count). The zero-order valence-electron chi connectivity index (χ0n) is 16.4. The molecule has 2 aromatic heterocycles. The molecule has 0 unspecified atom stereocenters. The monoisotopic (exact) mass is 437 g/mol. The molecule has 0 radical (unpaired) electrons. The Balaban J connectivity index is 1.96. The quantitative estimate of drug-likeness (QED) is 0.421. The number of halogens is 1. The highest BCUT2D eigenvalue weighted by Gasteiger charge is 2.18. The van der Waals surface area contributed by atoms with Gasteiger partial charge in [-0.15, -0.1) is 0 Å². The van der Waals surface area contributed by atoms with Crippen molar-refractivity contribution < 1.29 is 0 Å². The second-order valence-electron chi connectivity index (χ2n) is 7.74. The number of nitrogens with zero attached hydrogens (tertiary/aromatic N) is 3. The molecule has 2 heterocycles. The van der Waals surface area contributed by atoms with Gasteiger partial charge in [-0.3, -0.25) is 4.79 Å². The van der Waals surface area contributed by atoms with E-state index in [1.165, 1.54) is 0 Å². The molecule has 28 heavy (non-hydrogen) atoms. The van der Waals surface area contributed by atoms with Crippen LogP contribution in [-0.2, 0) is 13.0 Å². The van der Waals surface area contributed by atoms with Crippen molar-refractivity contribution in [2.75, 3.05) is 0 Å². The fourth-order valence-corrected chi connectivity index (χ4v) is 3.93. The van der Waals surface area contributed by atoms with Crippen LogP contribution in [0.1, 0.15) is 37.1 Å². The maximum Gasteiger partial charge on any atom is 0.263 e. The Labute approximate surface area is 173 Å². The van der Waals surface area contributed by atoms with Crippen molar-refractivity contribution >= 4 is 32.7 Å². The Morgan fingerprint density at radius 2 is 1.79 bits per heavy atom. The molecule has 0 aliphatic heterocycles. The van der Waals surface area contributed by atoms with Crippen LogP contribution in [0.5, 0.6) is 0 Å². The summed E-state index contributed by atoms with van der Waals surface area (Å²) in [5.41, 5.74) is 4.74. The Bertz CT molecular complexity index is 1200. The van der Waals surface area contributed by atoms with Crippen LogP contribution in [0, 0.1) is 12.8 Å². The summed E-state index contributed by atoms with van der Waals surface area (Å²) in [5.74, 6) is 1.32. The van der Waals surface area contributed by atoms with Crippen LogP contribution < -0.4 is 5.56 Å². The van der Waals surface area contributed by atoms with E-state index in [1.54, 1.807) is 4.40 Å². The minimum Gasteiger partial charge on any atom is -0.315 e. The Morgan fingerprint density at radius 1 is 1.07 bits per heavy atom. The van der Waals surface area contributed by atoms with Gasteiger partial charge in [-0.25, -0.2) is 9.38 Å². The normalized spacial score (nSPS) is 11.8. The lowest BCUT2D eigenvalue weighted by Gasteiger charge is -2.17. The number of para-hydroxylation sites is 2. The van der Waals surface area contributed by atoms with Gasteiger partial charge in [0.2, 0.25) is 5.78 Å². The van der Waals surface area contributed by atoms with Crippen LogP contribution in [0.4, 0.5) is 0 Å². The standard InChI is InChI=1S/C23H24BrN3O/c1-15(2)12-13-26-16(3)19(14-17-8-10-18(24)11-9-17)22(28)27-21-7-5-4-6-20(21)25-23(26)27/h4-11,15H,12-14H2,1-3H3. The number of hydrogen-bond acceptors (Lipinski definition) is 2. The Kier molecular flexibility index (Phi) is 5.11. The van der Waals surface area contributed by atoms with Gasteiger partial charge in [0.05, 0.1) is 11.0 Å². The van der Waals surface area contributed by atoms with Gasteiger partial charge in [0.25, 0.3) is 5.56 Å². The van der Waals surface area contributed by atoms with E-state index < -0.39 is 0 Å². The second kappa shape index (κ2) is 7.55. The van der Waals surface area contributed by atoms with E-state index in [9.17, 15) is 4.79 Å². The Hall–Kier alpha value is -2.40. The third kappa shape index (κ3) is 3.39. The van der Waals surface area contributed by atoms with E-state index in [2.05, 4.69) is 53.4 Å². The van der Waals surface area contributed by atoms with Gasteiger partial charge >= 0.3 is 0 Å². The first-order valence-corrected chi connectivity index (χ1v) is 10.5. The summed E-state index contributed by atoms with van der Waals surface area (Å²) in [6, 6.07) is 16.0. The van der Waals surface area contributed by atoms with Crippen molar-refractivity contribution in [3.63, 3.8) is 0 Å². The molecule has 0 saturated carbocycles. The third-order valence-electron chi connectivity index (χ3n) is 5.31. The van der Waals surface area contributed by atoms with E-state index in [0.717, 1.165) is 51.1 Å². The van der Waals surface area contributed by atoms with Crippen molar-refractivity contribution in [2.24, 2.45) is 5.92 Å². The molecule has 0 fully saturated rings. The van der Waals surface area contributed by atoms with Gasteiger partial charge in [0, 0.05) is 28.7 Å². The lowest BCUT2D eigenvalue weighted by molar-refractivity contribution is 0.510. The minimum atomic E-state index is 0.0323. The number of imidazole rings is 1. The molecule has 4 aromatic rings. The predicted molar refractivity (Wildman–Crippen MR) is 118 cm³/mol. The summed E-state index contributed by atoms with van der Waals surface area (Å²) >= 11 is 3.48. The van der Waals surface area contributed by atoms with Crippen molar-refractivity contribution in [2.45, 2.75) is 40.2 Å². The number of hydrogen-bond donors (Lipinski definition) is 0. The summed E-state index contributed by atoms with van der Waals surface area (Å²) in [4.78, 5) is 18.3. The Morgan fingerprint density at radius 3 is 2.50 bits per heavy atom. The van der Waals surface area contributed by atoms with E-state index in [-0.39, 0.29) is 5.56 Å². The first kappa shape index (κ1) is 18.9. The molecule has 4 nitrogen and oxygen atoms in total. The minimum absolute atomic E-state index is 0.0323. The highest BCUT2D eigenvalue weighted by Crippen LogP contribution is 2.21. The first-order valence-electron chi connectivity index (χ1n) is 9.69. The van der Waals surface area contributed by atoms with Gasteiger partial charge in [-0.2, -0.15) is 0 Å². The molecule has 2 aromatic carbocycles. The molecule has 0 amide bonds. The van der Waals surface area contributed by atoms with Crippen molar-refractivity contribution in [1.82, 2.24) is 14.0 Å². The summed E-state index contributed by atoms with van der Waals surface area (Å²) in [7, 11) is 0. The zero-order chi connectivity index (χ0) is 19.8. The first-order chi connectivity index (χ1) is 13.5. The van der Waals surface area contributed by atoms with Gasteiger partial charge in [0.15, 0.2) is 0 Å². The van der Waals surface area contributed by atoms with Gasteiger partial charge in [0.1, 0.15) is 0 Å². The number of rotatable bonds is 5. The maximum atomic E-state index is 13.5. The van der Waals surface area contributed by atoms with Crippen LogP contribution in [-0.4, -0.2) is 14.0 Å². The van der Waals surface area contributed by atoms with Gasteiger partial charge in [-0.1, -0.05) is 54.0 Å². The molecule has 0 aliphatic rings. The molecule has 0 spiro atoms. The fraction of sp³-hybridized carbons (Fsp3) is 0.304. The van der Waals surface area contributed by atoms with Crippen LogP contribution >= 0.6 is 15.9 Å². The molecular formula is C23H24BrN3O. The highest BCUT2D eigenvalue weighted by molar-refractivity contribution is 9.10. The smallest absolute Gasteiger partial charge is 0.263 e. The largest absolute Gasteiger partial charge is 0.315 e. The summed E-state index contributed by atoms with van der Waals surface area (Å²) < 4.78 is 5.05. The van der Waals surface area contributed by atoms with Crippen LogP contribution in [0.3, 0.4) is 0 Å². The number of benzene rings is 2. The molecule has 0 N–H and O–H groups in total. The van der Waals surface area contributed by atoms with E-state index in [1.807, 2.05) is 36.4 Å². The topological polar surface area (TPSA) is 39.3 Å². The number of aromatic nitrogens is 3. The van der Waals surface area contributed by atoms with E-state index >= 15 is 0 Å². The molecule has 5 heteroatoms. The average molecular weight is 438 g/mol. The zero-order valence-corrected chi connectivity index (χ0v) is 18.0. The SMILES string of the molecule is Cc1c(Cc2ccc(Br)cc2)c(=O)n2c3ccccc3nc2n1CCC(C)C. The van der Waals surface area contributed by atoms with Crippen LogP contribution in [0.2, 0.25) is 0 Å². The predicted octanol–water partition coefficient (Wildman–Crippen LogP) is 5.36. The highest BCUT2D eigenvalue weighted by atomic mass is 79.9. The van der Waals surface area contributed by atoms with Crippen molar-refractivity contribution in [3.8, 4) is 0 Å². The number of aryl methyl sites for hydroxylation is 1. The van der Waals surface area contributed by atoms with Crippen molar-refractivity contribution in [3.05, 3.63) is 80.2 Å². The fourth-order valence-electron chi connectivity index (χ4n) is 3.66. The molecule has 144 valence electrons. The number of fused-ring (bicyclic) bond motifs is 3. The summed E-state index contributed by atoms with van der Waals surface area (Å²) in [5, 5.41) is 0. The molecule has 0 bridgehead atoms. The maximum absolute atomic E-state index is 13.5. The second-order valence-corrected chi connectivity index (χ2v) is 8.66. The molecule has 0 saturated heterocycles. The average Bonchev–Trinajstić information content (AvgIpc) is 3.05. The van der Waals surface area contributed by atoms with E-state index in [4.69, 9.17) is 4.98 Å². The molecule has 0 atom stereocenters. The van der Waals surface area contributed by atoms with Crippen LogP contribution in [0.25, 0.3) is 16.8 Å². The third-order valence-corrected chi connectivity index (χ3v) is 5.84. The van der Waals surface area contributed by atoms with Crippen molar-refractivity contribution in [1.29, 1.82) is 0 Å². The molecular weight excluding hydrogens is 414 g/mol. The summed E-state index contributed by atoms with van der Waals surface area (Å²) in [6.45, 7) is 7.35.